The van der Waals surface area contributed by atoms with Gasteiger partial charge in [-0.25, -0.2) is 0 Å². The molecule has 0 aliphatic rings. The number of thioether (sulfide) groups is 1. The Morgan fingerprint density at radius 3 is 2.47 bits per heavy atom. The van der Waals surface area contributed by atoms with Crippen molar-refractivity contribution in [3.8, 4) is 11.5 Å². The topological polar surface area (TPSA) is 69.6 Å². The highest BCUT2D eigenvalue weighted by molar-refractivity contribution is 7.98. The summed E-state index contributed by atoms with van der Waals surface area (Å²) in [6, 6.07) is 3.92. The SMILES string of the molecule is CSCCC(C)NC(=O)c1cc(O)cc(O)c1. The van der Waals surface area contributed by atoms with Gasteiger partial charge in [0, 0.05) is 17.7 Å². The number of phenols is 2. The molecule has 0 fully saturated rings. The van der Waals surface area contributed by atoms with Crippen LogP contribution in [0.5, 0.6) is 11.5 Å². The molecule has 0 saturated carbocycles. The van der Waals surface area contributed by atoms with Crippen LogP contribution in [0.1, 0.15) is 23.7 Å². The monoisotopic (exact) mass is 255 g/mol. The fraction of sp³-hybridized carbons (Fsp3) is 0.417. The first-order valence-corrected chi connectivity index (χ1v) is 6.75. The predicted molar refractivity (Wildman–Crippen MR) is 69.7 cm³/mol. The van der Waals surface area contributed by atoms with Crippen molar-refractivity contribution in [3.05, 3.63) is 23.8 Å². The van der Waals surface area contributed by atoms with Crippen LogP contribution in [0.3, 0.4) is 0 Å². The van der Waals surface area contributed by atoms with Crippen LogP contribution in [0, 0.1) is 0 Å². The third kappa shape index (κ3) is 4.56. The Balaban J connectivity index is 2.63. The number of nitrogens with one attached hydrogen (secondary N) is 1. The number of rotatable bonds is 5. The van der Waals surface area contributed by atoms with Crippen LogP contribution in [0.2, 0.25) is 0 Å². The minimum Gasteiger partial charge on any atom is -0.508 e. The van der Waals surface area contributed by atoms with Crippen molar-refractivity contribution in [1.82, 2.24) is 5.32 Å². The van der Waals surface area contributed by atoms with E-state index in [-0.39, 0.29) is 29.0 Å². The molecule has 0 bridgehead atoms. The maximum atomic E-state index is 11.8. The second kappa shape index (κ2) is 6.39. The van der Waals surface area contributed by atoms with Crippen LogP contribution >= 0.6 is 11.8 Å². The van der Waals surface area contributed by atoms with Gasteiger partial charge >= 0.3 is 0 Å². The first-order chi connectivity index (χ1) is 8.02. The number of benzene rings is 1. The number of phenolic OH excluding ortho intramolecular Hbond substituents is 2. The lowest BCUT2D eigenvalue weighted by molar-refractivity contribution is 0.0938. The van der Waals surface area contributed by atoms with Crippen molar-refractivity contribution in [2.75, 3.05) is 12.0 Å². The molecule has 0 heterocycles. The first kappa shape index (κ1) is 13.7. The molecule has 0 aromatic heterocycles. The Hall–Kier alpha value is -1.36. The Kier molecular flexibility index (Phi) is 5.15. The zero-order valence-corrected chi connectivity index (χ0v) is 10.8. The molecule has 4 nitrogen and oxygen atoms in total. The van der Waals surface area contributed by atoms with Gasteiger partial charge in [0.1, 0.15) is 11.5 Å². The molecule has 1 rings (SSSR count). The van der Waals surface area contributed by atoms with Crippen LogP contribution in [0.25, 0.3) is 0 Å². The smallest absolute Gasteiger partial charge is 0.251 e. The molecule has 1 atom stereocenters. The molecule has 1 aromatic carbocycles. The summed E-state index contributed by atoms with van der Waals surface area (Å²) >= 11 is 1.73. The van der Waals surface area contributed by atoms with E-state index in [1.807, 2.05) is 13.2 Å². The summed E-state index contributed by atoms with van der Waals surface area (Å²) in [4.78, 5) is 11.8. The molecular weight excluding hydrogens is 238 g/mol. The van der Waals surface area contributed by atoms with Gasteiger partial charge in [0.15, 0.2) is 0 Å². The van der Waals surface area contributed by atoms with Gasteiger partial charge in [-0.2, -0.15) is 11.8 Å². The second-order valence-electron chi connectivity index (χ2n) is 3.89. The van der Waals surface area contributed by atoms with Crippen LogP contribution in [-0.4, -0.2) is 34.2 Å². The Labute approximate surface area is 105 Å². The molecule has 0 spiro atoms. The molecule has 5 heteroatoms. The number of carbonyl (C=O) groups is 1. The number of carbonyl (C=O) groups excluding carboxylic acids is 1. The third-order valence-corrected chi connectivity index (χ3v) is 2.94. The summed E-state index contributed by atoms with van der Waals surface area (Å²) in [7, 11) is 0. The second-order valence-corrected chi connectivity index (χ2v) is 4.88. The van der Waals surface area contributed by atoms with E-state index >= 15 is 0 Å². The van der Waals surface area contributed by atoms with Crippen LogP contribution in [0.15, 0.2) is 18.2 Å². The first-order valence-electron chi connectivity index (χ1n) is 5.35. The molecule has 3 N–H and O–H groups in total. The normalized spacial score (nSPS) is 12.1. The van der Waals surface area contributed by atoms with Gasteiger partial charge in [-0.05, 0) is 37.5 Å². The molecule has 0 aliphatic carbocycles. The largest absolute Gasteiger partial charge is 0.508 e. The maximum absolute atomic E-state index is 11.8. The fourth-order valence-corrected chi connectivity index (χ4v) is 1.99. The van der Waals surface area contributed by atoms with Gasteiger partial charge < -0.3 is 15.5 Å². The van der Waals surface area contributed by atoms with Gasteiger partial charge in [-0.3, -0.25) is 4.79 Å². The van der Waals surface area contributed by atoms with E-state index in [9.17, 15) is 15.0 Å². The Bertz CT molecular complexity index is 375. The molecule has 0 saturated heterocycles. The summed E-state index contributed by atoms with van der Waals surface area (Å²) in [5.74, 6) is 0.454. The maximum Gasteiger partial charge on any atom is 0.251 e. The van der Waals surface area contributed by atoms with E-state index < -0.39 is 0 Å². The number of hydrogen-bond donors (Lipinski definition) is 3. The van der Waals surface area contributed by atoms with E-state index in [1.54, 1.807) is 11.8 Å². The quantitative estimate of drug-likeness (QED) is 0.752. The lowest BCUT2D eigenvalue weighted by atomic mass is 10.1. The minimum atomic E-state index is -0.287. The molecule has 17 heavy (non-hydrogen) atoms. The molecule has 94 valence electrons. The van der Waals surface area contributed by atoms with Gasteiger partial charge in [0.05, 0.1) is 0 Å². The van der Waals surface area contributed by atoms with Gasteiger partial charge in [0.2, 0.25) is 0 Å². The molecule has 1 aromatic rings. The van der Waals surface area contributed by atoms with Crippen molar-refractivity contribution >= 4 is 17.7 Å². The molecular formula is C12H17NO3S. The fourth-order valence-electron chi connectivity index (χ4n) is 1.40. The summed E-state index contributed by atoms with van der Waals surface area (Å²) in [5.41, 5.74) is 0.263. The van der Waals surface area contributed by atoms with Gasteiger partial charge in [0.25, 0.3) is 5.91 Å². The van der Waals surface area contributed by atoms with Crippen molar-refractivity contribution in [2.45, 2.75) is 19.4 Å². The predicted octanol–water partition coefficient (Wildman–Crippen LogP) is 1.97. The van der Waals surface area contributed by atoms with Crippen molar-refractivity contribution in [3.63, 3.8) is 0 Å². The van der Waals surface area contributed by atoms with Crippen LogP contribution in [-0.2, 0) is 0 Å². The van der Waals surface area contributed by atoms with E-state index in [4.69, 9.17) is 0 Å². The number of aromatic hydroxyl groups is 2. The summed E-state index contributed by atoms with van der Waals surface area (Å²) < 4.78 is 0. The van der Waals surface area contributed by atoms with Crippen molar-refractivity contribution < 1.29 is 15.0 Å². The Morgan fingerprint density at radius 1 is 1.35 bits per heavy atom. The van der Waals surface area contributed by atoms with Crippen LogP contribution < -0.4 is 5.32 Å². The number of hydrogen-bond acceptors (Lipinski definition) is 4. The summed E-state index contributed by atoms with van der Waals surface area (Å²) in [6.45, 7) is 1.93. The van der Waals surface area contributed by atoms with Gasteiger partial charge in [-0.15, -0.1) is 0 Å². The zero-order valence-electron chi connectivity index (χ0n) is 9.93. The average molecular weight is 255 g/mol. The molecule has 0 radical (unpaired) electrons. The van der Waals surface area contributed by atoms with E-state index in [1.165, 1.54) is 18.2 Å². The highest BCUT2D eigenvalue weighted by Crippen LogP contribution is 2.20. The Morgan fingerprint density at radius 2 is 1.94 bits per heavy atom. The highest BCUT2D eigenvalue weighted by atomic mass is 32.2. The third-order valence-electron chi connectivity index (χ3n) is 2.30. The van der Waals surface area contributed by atoms with E-state index in [0.29, 0.717) is 0 Å². The molecule has 1 unspecified atom stereocenters. The van der Waals surface area contributed by atoms with Crippen LogP contribution in [0.4, 0.5) is 0 Å². The van der Waals surface area contributed by atoms with E-state index in [0.717, 1.165) is 12.2 Å². The van der Waals surface area contributed by atoms with E-state index in [2.05, 4.69) is 5.32 Å². The average Bonchev–Trinajstić information content (AvgIpc) is 2.25. The molecule has 0 aliphatic heterocycles. The number of amides is 1. The lowest BCUT2D eigenvalue weighted by Crippen LogP contribution is -2.32. The van der Waals surface area contributed by atoms with Gasteiger partial charge in [-0.1, -0.05) is 0 Å². The summed E-state index contributed by atoms with van der Waals surface area (Å²) in [5, 5.41) is 21.4. The molecule has 1 amide bonds. The summed E-state index contributed by atoms with van der Waals surface area (Å²) in [6.07, 6.45) is 2.90. The highest BCUT2D eigenvalue weighted by Gasteiger charge is 2.11. The standard InChI is InChI=1S/C12H17NO3S/c1-8(3-4-17-2)13-12(16)9-5-10(14)7-11(15)6-9/h5-8,14-15H,3-4H2,1-2H3,(H,13,16). The van der Waals surface area contributed by atoms with Crippen molar-refractivity contribution in [2.24, 2.45) is 0 Å². The zero-order chi connectivity index (χ0) is 12.8. The van der Waals surface area contributed by atoms with Crippen molar-refractivity contribution in [1.29, 1.82) is 0 Å². The minimum absolute atomic E-state index is 0.0689. The lowest BCUT2D eigenvalue weighted by Gasteiger charge is -2.13.